The van der Waals surface area contributed by atoms with Crippen LogP contribution in [0.5, 0.6) is 0 Å². The number of carbonyl (C=O) groups is 1. The normalized spacial score (nSPS) is 19.0. The molecule has 0 aliphatic heterocycles. The Morgan fingerprint density at radius 3 is 1.94 bits per heavy atom. The summed E-state index contributed by atoms with van der Waals surface area (Å²) in [5.41, 5.74) is -0.459. The summed E-state index contributed by atoms with van der Waals surface area (Å²) in [7, 11) is 0. The van der Waals surface area contributed by atoms with Gasteiger partial charge in [-0.2, -0.15) is 0 Å². The van der Waals surface area contributed by atoms with Gasteiger partial charge >= 0.3 is 0 Å². The van der Waals surface area contributed by atoms with Crippen LogP contribution in [0.3, 0.4) is 0 Å². The van der Waals surface area contributed by atoms with Crippen LogP contribution in [0.15, 0.2) is 0 Å². The number of rotatable bonds is 3. The van der Waals surface area contributed by atoms with E-state index in [4.69, 9.17) is 0 Å². The molecule has 1 fully saturated rings. The maximum Gasteiger partial charge on any atom is 0.228 e. The first-order valence-electron chi connectivity index (χ1n) is 6.52. The largest absolute Gasteiger partial charge is 0.394 e. The van der Waals surface area contributed by atoms with E-state index >= 15 is 0 Å². The molecule has 1 atom stereocenters. The average molecular weight is 241 g/mol. The Bertz CT molecular complexity index is 282. The van der Waals surface area contributed by atoms with Crippen molar-refractivity contribution in [2.24, 2.45) is 10.8 Å². The monoisotopic (exact) mass is 241 g/mol. The minimum atomic E-state index is -0.374. The molecule has 0 saturated heterocycles. The Labute approximate surface area is 105 Å². The fourth-order valence-electron chi connectivity index (χ4n) is 2.08. The van der Waals surface area contributed by atoms with Crippen LogP contribution in [-0.2, 0) is 4.79 Å². The highest BCUT2D eigenvalue weighted by atomic mass is 16.3. The van der Waals surface area contributed by atoms with Crippen LogP contribution in [0.25, 0.3) is 0 Å². The number of hydrogen-bond donors (Lipinski definition) is 1. The Kier molecular flexibility index (Phi) is 3.92. The smallest absolute Gasteiger partial charge is 0.228 e. The van der Waals surface area contributed by atoms with Crippen LogP contribution in [0.1, 0.15) is 54.4 Å². The van der Waals surface area contributed by atoms with E-state index < -0.39 is 0 Å². The quantitative estimate of drug-likeness (QED) is 0.824. The summed E-state index contributed by atoms with van der Waals surface area (Å²) in [6, 6.07) is 0.264. The zero-order valence-electron chi connectivity index (χ0n) is 12.1. The lowest BCUT2D eigenvalue weighted by Crippen LogP contribution is -2.53. The molecule has 100 valence electrons. The van der Waals surface area contributed by atoms with Crippen molar-refractivity contribution in [3.05, 3.63) is 0 Å². The molecule has 1 aliphatic carbocycles. The van der Waals surface area contributed by atoms with Crippen LogP contribution in [0.2, 0.25) is 0 Å². The van der Waals surface area contributed by atoms with Gasteiger partial charge in [-0.25, -0.2) is 0 Å². The molecule has 0 heterocycles. The molecule has 0 aromatic heterocycles. The van der Waals surface area contributed by atoms with Crippen molar-refractivity contribution in [3.8, 4) is 0 Å². The van der Waals surface area contributed by atoms with Crippen LogP contribution in [-0.4, -0.2) is 34.6 Å². The van der Waals surface area contributed by atoms with Crippen LogP contribution >= 0.6 is 0 Å². The third-order valence-electron chi connectivity index (χ3n) is 3.32. The van der Waals surface area contributed by atoms with E-state index in [1.807, 2.05) is 25.7 Å². The number of amides is 1. The number of aliphatic hydroxyl groups is 1. The van der Waals surface area contributed by atoms with Crippen molar-refractivity contribution in [2.45, 2.75) is 66.5 Å². The van der Waals surface area contributed by atoms with Gasteiger partial charge in [0, 0.05) is 11.5 Å². The van der Waals surface area contributed by atoms with Crippen molar-refractivity contribution >= 4 is 5.91 Å². The first-order valence-corrected chi connectivity index (χ1v) is 6.52. The van der Waals surface area contributed by atoms with E-state index in [0.29, 0.717) is 6.04 Å². The highest BCUT2D eigenvalue weighted by Gasteiger charge is 2.44. The molecule has 1 aliphatic rings. The molecule has 1 N–H and O–H groups in total. The van der Waals surface area contributed by atoms with Crippen molar-refractivity contribution < 1.29 is 9.90 Å². The summed E-state index contributed by atoms with van der Waals surface area (Å²) in [4.78, 5) is 14.5. The molecular formula is C14H27NO2. The van der Waals surface area contributed by atoms with Crippen LogP contribution < -0.4 is 0 Å². The van der Waals surface area contributed by atoms with Gasteiger partial charge in [0.05, 0.1) is 12.6 Å². The van der Waals surface area contributed by atoms with Crippen molar-refractivity contribution in [3.63, 3.8) is 0 Å². The fraction of sp³-hybridized carbons (Fsp3) is 0.929. The minimum absolute atomic E-state index is 0.0435. The van der Waals surface area contributed by atoms with Crippen LogP contribution in [0.4, 0.5) is 0 Å². The highest BCUT2D eigenvalue weighted by Crippen LogP contribution is 2.37. The van der Waals surface area contributed by atoms with Gasteiger partial charge in [-0.15, -0.1) is 0 Å². The molecule has 0 unspecified atom stereocenters. The van der Waals surface area contributed by atoms with Gasteiger partial charge in [-0.1, -0.05) is 41.5 Å². The average Bonchev–Trinajstić information content (AvgIpc) is 2.92. The second-order valence-electron chi connectivity index (χ2n) is 7.26. The summed E-state index contributed by atoms with van der Waals surface area (Å²) in [5.74, 6) is 0.161. The lowest BCUT2D eigenvalue weighted by Gasteiger charge is -2.42. The van der Waals surface area contributed by atoms with E-state index in [2.05, 4.69) is 20.8 Å². The maximum atomic E-state index is 12.5. The Hall–Kier alpha value is -0.570. The molecule has 0 aromatic rings. The summed E-state index contributed by atoms with van der Waals surface area (Å²) in [6.45, 7) is 12.1. The second-order valence-corrected chi connectivity index (χ2v) is 7.26. The van der Waals surface area contributed by atoms with Crippen LogP contribution in [0, 0.1) is 10.8 Å². The van der Waals surface area contributed by atoms with Crippen molar-refractivity contribution in [1.82, 2.24) is 4.90 Å². The van der Waals surface area contributed by atoms with Crippen molar-refractivity contribution in [2.75, 3.05) is 6.61 Å². The summed E-state index contributed by atoms with van der Waals surface area (Å²) < 4.78 is 0. The first kappa shape index (κ1) is 14.5. The van der Waals surface area contributed by atoms with Gasteiger partial charge in [-0.3, -0.25) is 4.79 Å². The molecular weight excluding hydrogens is 214 g/mol. The number of carbonyl (C=O) groups excluding carboxylic acids is 1. The Morgan fingerprint density at radius 1 is 1.24 bits per heavy atom. The van der Waals surface area contributed by atoms with Gasteiger partial charge in [0.25, 0.3) is 0 Å². The van der Waals surface area contributed by atoms with Crippen molar-refractivity contribution in [1.29, 1.82) is 0 Å². The lowest BCUT2D eigenvalue weighted by atomic mass is 9.84. The standard InChI is InChI=1S/C14H27NO2/c1-13(2,3)11(9-16)15(10-7-8-10)12(17)14(4,5)6/h10-11,16H,7-9H2,1-6H3/t11-/m1/s1. The summed E-state index contributed by atoms with van der Waals surface area (Å²) >= 11 is 0. The molecule has 1 rings (SSSR count). The molecule has 0 aromatic carbocycles. The second kappa shape index (κ2) is 4.60. The van der Waals surface area contributed by atoms with Gasteiger partial charge in [0.1, 0.15) is 0 Å². The first-order chi connectivity index (χ1) is 7.59. The summed E-state index contributed by atoms with van der Waals surface area (Å²) in [5, 5.41) is 9.63. The predicted molar refractivity (Wildman–Crippen MR) is 69.7 cm³/mol. The van der Waals surface area contributed by atoms with Gasteiger partial charge < -0.3 is 10.0 Å². The zero-order valence-corrected chi connectivity index (χ0v) is 12.1. The maximum absolute atomic E-state index is 12.5. The van der Waals surface area contributed by atoms with E-state index in [0.717, 1.165) is 12.8 Å². The third kappa shape index (κ3) is 3.44. The summed E-state index contributed by atoms with van der Waals surface area (Å²) in [6.07, 6.45) is 2.16. The van der Waals surface area contributed by atoms with Gasteiger partial charge in [0.2, 0.25) is 5.91 Å². The molecule has 17 heavy (non-hydrogen) atoms. The minimum Gasteiger partial charge on any atom is -0.394 e. The molecule has 1 amide bonds. The Morgan fingerprint density at radius 2 is 1.71 bits per heavy atom. The molecule has 0 bridgehead atoms. The van der Waals surface area contributed by atoms with E-state index in [1.165, 1.54) is 0 Å². The topological polar surface area (TPSA) is 40.5 Å². The predicted octanol–water partition coefficient (Wildman–Crippen LogP) is 2.43. The highest BCUT2D eigenvalue weighted by molar-refractivity contribution is 5.82. The van der Waals surface area contributed by atoms with Gasteiger partial charge in [-0.05, 0) is 18.3 Å². The molecule has 1 saturated carbocycles. The third-order valence-corrected chi connectivity index (χ3v) is 3.32. The van der Waals surface area contributed by atoms with E-state index in [9.17, 15) is 9.90 Å². The SMILES string of the molecule is CC(C)(C)C(=O)N(C1CC1)[C@H](CO)C(C)(C)C. The molecule has 3 heteroatoms. The fourth-order valence-corrected chi connectivity index (χ4v) is 2.08. The molecule has 3 nitrogen and oxygen atoms in total. The number of nitrogens with zero attached hydrogens (tertiary/aromatic N) is 1. The zero-order chi connectivity index (χ0) is 13.4. The molecule has 0 spiro atoms. The Balaban J connectivity index is 2.96. The van der Waals surface area contributed by atoms with E-state index in [1.54, 1.807) is 0 Å². The molecule has 0 radical (unpaired) electrons. The number of aliphatic hydroxyl groups excluding tert-OH is 1. The van der Waals surface area contributed by atoms with E-state index in [-0.39, 0.29) is 29.4 Å². The lowest BCUT2D eigenvalue weighted by molar-refractivity contribution is -0.146. The number of hydrogen-bond acceptors (Lipinski definition) is 2. The van der Waals surface area contributed by atoms with Gasteiger partial charge in [0.15, 0.2) is 0 Å².